The Labute approximate surface area is 94.0 Å². The number of hydrogen-bond acceptors (Lipinski definition) is 6. The van der Waals surface area contributed by atoms with E-state index in [9.17, 15) is 9.59 Å². The molecule has 0 bridgehead atoms. The highest BCUT2D eigenvalue weighted by Gasteiger charge is 2.22. The van der Waals surface area contributed by atoms with Crippen LogP contribution >= 0.6 is 0 Å². The zero-order chi connectivity index (χ0) is 11.8. The summed E-state index contributed by atoms with van der Waals surface area (Å²) in [6, 6.07) is 0. The second-order valence-corrected chi connectivity index (χ2v) is 3.87. The third-order valence-electron chi connectivity index (χ3n) is 2.76. The average Bonchev–Trinajstić information content (AvgIpc) is 2.34. The summed E-state index contributed by atoms with van der Waals surface area (Å²) in [4.78, 5) is 24.7. The van der Waals surface area contributed by atoms with Gasteiger partial charge in [-0.2, -0.15) is 5.90 Å². The third-order valence-corrected chi connectivity index (χ3v) is 2.76. The van der Waals surface area contributed by atoms with Crippen LogP contribution in [0.5, 0.6) is 0 Å². The molecule has 0 saturated heterocycles. The summed E-state index contributed by atoms with van der Waals surface area (Å²) in [5.74, 6) is 4.53. The Bertz CT molecular complexity index is 225. The maximum atomic E-state index is 10.7. The zero-order valence-corrected chi connectivity index (χ0v) is 9.09. The van der Waals surface area contributed by atoms with E-state index in [1.54, 1.807) is 0 Å². The molecule has 0 aliphatic heterocycles. The molecule has 6 nitrogen and oxygen atoms in total. The molecule has 0 atom stereocenters. The van der Waals surface area contributed by atoms with Crippen LogP contribution in [0.25, 0.3) is 0 Å². The van der Waals surface area contributed by atoms with Crippen LogP contribution in [0.15, 0.2) is 0 Å². The van der Waals surface area contributed by atoms with E-state index in [1.165, 1.54) is 0 Å². The SMILES string of the molecule is NOC(=O)COC1CCC(COC=O)CC1. The summed E-state index contributed by atoms with van der Waals surface area (Å²) < 4.78 is 10.0. The van der Waals surface area contributed by atoms with Crippen LogP contribution in [0.2, 0.25) is 0 Å². The number of hydrogen-bond donors (Lipinski definition) is 1. The standard InChI is InChI=1S/C10H17NO5/c11-16-10(13)6-15-9-3-1-8(2-4-9)5-14-7-12/h7-9H,1-6,11H2. The van der Waals surface area contributed by atoms with E-state index >= 15 is 0 Å². The molecule has 6 heteroatoms. The Morgan fingerprint density at radius 1 is 1.31 bits per heavy atom. The quantitative estimate of drug-likeness (QED) is 0.517. The molecule has 1 fully saturated rings. The predicted molar refractivity (Wildman–Crippen MR) is 54.0 cm³/mol. The van der Waals surface area contributed by atoms with Crippen LogP contribution in [-0.2, 0) is 23.9 Å². The number of ether oxygens (including phenoxy) is 2. The van der Waals surface area contributed by atoms with Crippen LogP contribution in [0.1, 0.15) is 25.7 Å². The minimum Gasteiger partial charge on any atom is -0.468 e. The summed E-state index contributed by atoms with van der Waals surface area (Å²) in [7, 11) is 0. The van der Waals surface area contributed by atoms with E-state index in [1.807, 2.05) is 0 Å². The molecule has 0 aromatic heterocycles. The largest absolute Gasteiger partial charge is 0.468 e. The fourth-order valence-electron chi connectivity index (χ4n) is 1.86. The van der Waals surface area contributed by atoms with Crippen LogP contribution in [0.4, 0.5) is 0 Å². The molecule has 16 heavy (non-hydrogen) atoms. The molecule has 0 unspecified atom stereocenters. The highest BCUT2D eigenvalue weighted by molar-refractivity contribution is 5.70. The lowest BCUT2D eigenvalue weighted by atomic mass is 9.88. The second-order valence-electron chi connectivity index (χ2n) is 3.87. The predicted octanol–water partition coefficient (Wildman–Crippen LogP) is 0.152. The van der Waals surface area contributed by atoms with Gasteiger partial charge in [0.15, 0.2) is 0 Å². The lowest BCUT2D eigenvalue weighted by Crippen LogP contribution is -2.27. The first-order valence-electron chi connectivity index (χ1n) is 5.32. The molecule has 2 N–H and O–H groups in total. The van der Waals surface area contributed by atoms with Crippen molar-refractivity contribution in [3.05, 3.63) is 0 Å². The maximum Gasteiger partial charge on any atom is 0.350 e. The van der Waals surface area contributed by atoms with Crippen LogP contribution < -0.4 is 5.90 Å². The third kappa shape index (κ3) is 4.59. The first-order valence-corrected chi connectivity index (χ1v) is 5.32. The van der Waals surface area contributed by atoms with E-state index in [4.69, 9.17) is 9.47 Å². The minimum absolute atomic E-state index is 0.0755. The van der Waals surface area contributed by atoms with Gasteiger partial charge in [-0.25, -0.2) is 4.79 Å². The van der Waals surface area contributed by atoms with Gasteiger partial charge in [0, 0.05) is 0 Å². The van der Waals surface area contributed by atoms with Gasteiger partial charge in [-0.3, -0.25) is 4.79 Å². The summed E-state index contributed by atoms with van der Waals surface area (Å²) in [6.45, 7) is 0.845. The molecule has 92 valence electrons. The minimum atomic E-state index is -0.564. The summed E-state index contributed by atoms with van der Waals surface area (Å²) in [5, 5.41) is 0. The van der Waals surface area contributed by atoms with Gasteiger partial charge in [-0.1, -0.05) is 0 Å². The zero-order valence-electron chi connectivity index (χ0n) is 9.09. The average molecular weight is 231 g/mol. The van der Waals surface area contributed by atoms with E-state index in [0.717, 1.165) is 25.7 Å². The van der Waals surface area contributed by atoms with Gasteiger partial charge in [-0.05, 0) is 31.6 Å². The number of carbonyl (C=O) groups excluding carboxylic acids is 2. The topological polar surface area (TPSA) is 87.8 Å². The molecule has 0 spiro atoms. The van der Waals surface area contributed by atoms with Gasteiger partial charge >= 0.3 is 5.97 Å². The van der Waals surface area contributed by atoms with Crippen LogP contribution in [0, 0.1) is 5.92 Å². The van der Waals surface area contributed by atoms with Gasteiger partial charge < -0.3 is 14.3 Å². The summed E-state index contributed by atoms with van der Waals surface area (Å²) in [6.07, 6.45) is 3.69. The molecule has 1 aliphatic carbocycles. The van der Waals surface area contributed by atoms with Crippen LogP contribution in [0.3, 0.4) is 0 Å². The van der Waals surface area contributed by atoms with Crippen molar-refractivity contribution in [2.75, 3.05) is 13.2 Å². The van der Waals surface area contributed by atoms with Crippen LogP contribution in [-0.4, -0.2) is 31.8 Å². The van der Waals surface area contributed by atoms with Gasteiger partial charge in [0.1, 0.15) is 6.61 Å². The summed E-state index contributed by atoms with van der Waals surface area (Å²) in [5.41, 5.74) is 0. The number of nitrogens with two attached hydrogens (primary N) is 1. The Morgan fingerprint density at radius 2 is 2.00 bits per heavy atom. The molecule has 0 aromatic rings. The molecule has 0 amide bonds. The molecule has 1 aliphatic rings. The van der Waals surface area contributed by atoms with Crippen molar-refractivity contribution in [1.82, 2.24) is 0 Å². The second kappa shape index (κ2) is 7.19. The van der Waals surface area contributed by atoms with Gasteiger partial charge in [0.25, 0.3) is 6.47 Å². The van der Waals surface area contributed by atoms with Crippen molar-refractivity contribution in [3.8, 4) is 0 Å². The van der Waals surface area contributed by atoms with Crippen molar-refractivity contribution >= 4 is 12.4 Å². The molecule has 1 saturated carbocycles. The first kappa shape index (κ1) is 12.9. The van der Waals surface area contributed by atoms with Crippen molar-refractivity contribution in [2.24, 2.45) is 11.8 Å². The van der Waals surface area contributed by atoms with E-state index in [2.05, 4.69) is 10.7 Å². The number of carbonyl (C=O) groups is 2. The molecule has 0 heterocycles. The molecule has 1 rings (SSSR count). The lowest BCUT2D eigenvalue weighted by molar-refractivity contribution is -0.152. The Hall–Kier alpha value is -1.14. The fraction of sp³-hybridized carbons (Fsp3) is 0.800. The van der Waals surface area contributed by atoms with Crippen molar-refractivity contribution in [3.63, 3.8) is 0 Å². The smallest absolute Gasteiger partial charge is 0.350 e. The highest BCUT2D eigenvalue weighted by atomic mass is 16.7. The maximum absolute atomic E-state index is 10.7. The Morgan fingerprint density at radius 3 is 2.56 bits per heavy atom. The lowest BCUT2D eigenvalue weighted by Gasteiger charge is -2.27. The van der Waals surface area contributed by atoms with E-state index in [0.29, 0.717) is 19.0 Å². The van der Waals surface area contributed by atoms with Gasteiger partial charge in [-0.15, -0.1) is 0 Å². The normalized spacial score (nSPS) is 24.8. The molecule has 0 aromatic carbocycles. The van der Waals surface area contributed by atoms with Gasteiger partial charge in [0.2, 0.25) is 0 Å². The Kier molecular flexibility index (Phi) is 5.81. The van der Waals surface area contributed by atoms with Crippen molar-refractivity contribution < 1.29 is 23.9 Å². The molecular formula is C10H17NO5. The fourth-order valence-corrected chi connectivity index (χ4v) is 1.86. The van der Waals surface area contributed by atoms with Gasteiger partial charge in [0.05, 0.1) is 12.7 Å². The first-order chi connectivity index (χ1) is 7.76. The van der Waals surface area contributed by atoms with Crippen molar-refractivity contribution in [2.45, 2.75) is 31.8 Å². The molecular weight excluding hydrogens is 214 g/mol. The monoisotopic (exact) mass is 231 g/mol. The Balaban J connectivity index is 2.11. The van der Waals surface area contributed by atoms with E-state index in [-0.39, 0.29) is 12.7 Å². The highest BCUT2D eigenvalue weighted by Crippen LogP contribution is 2.26. The molecule has 0 radical (unpaired) electrons. The number of rotatable bonds is 6. The van der Waals surface area contributed by atoms with E-state index < -0.39 is 5.97 Å². The van der Waals surface area contributed by atoms with Crippen molar-refractivity contribution in [1.29, 1.82) is 0 Å². The summed E-state index contributed by atoms with van der Waals surface area (Å²) >= 11 is 0.